The van der Waals surface area contributed by atoms with E-state index in [0.717, 1.165) is 44.8 Å². The van der Waals surface area contributed by atoms with Crippen molar-refractivity contribution in [2.75, 3.05) is 38.0 Å². The van der Waals surface area contributed by atoms with Crippen LogP contribution in [0.3, 0.4) is 0 Å². The van der Waals surface area contributed by atoms with Crippen molar-refractivity contribution in [2.45, 2.75) is 26.8 Å². The van der Waals surface area contributed by atoms with Crippen LogP contribution in [0.2, 0.25) is 0 Å². The summed E-state index contributed by atoms with van der Waals surface area (Å²) >= 11 is 0. The van der Waals surface area contributed by atoms with Crippen LogP contribution in [-0.2, 0) is 17.8 Å². The molecule has 26 heavy (non-hydrogen) atoms. The highest BCUT2D eigenvalue weighted by atomic mass is 16.2. The van der Waals surface area contributed by atoms with E-state index in [0.29, 0.717) is 6.54 Å². The van der Waals surface area contributed by atoms with E-state index in [4.69, 9.17) is 0 Å². The first-order valence-corrected chi connectivity index (χ1v) is 9.53. The molecule has 3 rings (SSSR count). The smallest absolute Gasteiger partial charge is 0.241 e. The van der Waals surface area contributed by atoms with Gasteiger partial charge in [0, 0.05) is 38.4 Å². The second kappa shape index (κ2) is 8.86. The van der Waals surface area contributed by atoms with Crippen molar-refractivity contribution in [1.82, 2.24) is 9.80 Å². The Hall–Kier alpha value is -2.33. The Morgan fingerprint density at radius 2 is 1.73 bits per heavy atom. The maximum Gasteiger partial charge on any atom is 0.241 e. The van der Waals surface area contributed by atoms with Crippen LogP contribution in [0, 0.1) is 6.92 Å². The summed E-state index contributed by atoms with van der Waals surface area (Å²) in [7, 11) is 0. The highest BCUT2D eigenvalue weighted by Gasteiger charge is 2.21. The minimum atomic E-state index is 0.190. The number of nitrogens with zero attached hydrogens (tertiary/aromatic N) is 2. The first kappa shape index (κ1) is 18.5. The normalized spacial score (nSPS) is 15.1. The van der Waals surface area contributed by atoms with Crippen LogP contribution in [0.25, 0.3) is 0 Å². The van der Waals surface area contributed by atoms with Gasteiger partial charge in [-0.1, -0.05) is 55.5 Å². The fourth-order valence-corrected chi connectivity index (χ4v) is 3.55. The van der Waals surface area contributed by atoms with Gasteiger partial charge in [-0.3, -0.25) is 9.69 Å². The number of carbonyl (C=O) groups is 1. The molecule has 1 N–H and O–H groups in total. The van der Waals surface area contributed by atoms with Gasteiger partial charge in [-0.2, -0.15) is 0 Å². The molecule has 1 amide bonds. The molecule has 1 saturated heterocycles. The summed E-state index contributed by atoms with van der Waals surface area (Å²) in [5.41, 5.74) is 4.92. The molecule has 1 fully saturated rings. The number of anilines is 1. The summed E-state index contributed by atoms with van der Waals surface area (Å²) < 4.78 is 0. The predicted molar refractivity (Wildman–Crippen MR) is 107 cm³/mol. The number of hydrogen-bond donors (Lipinski definition) is 1. The molecule has 0 radical (unpaired) electrons. The number of para-hydroxylation sites is 1. The number of hydrogen-bond acceptors (Lipinski definition) is 3. The Balaban J connectivity index is 1.48. The molecule has 0 saturated carbocycles. The third-order valence-electron chi connectivity index (χ3n) is 5.13. The maximum atomic E-state index is 12.6. The lowest BCUT2D eigenvalue weighted by Crippen LogP contribution is -2.49. The molecular weight excluding hydrogens is 322 g/mol. The van der Waals surface area contributed by atoms with E-state index in [2.05, 4.69) is 66.5 Å². The minimum Gasteiger partial charge on any atom is -0.376 e. The van der Waals surface area contributed by atoms with Crippen molar-refractivity contribution in [1.29, 1.82) is 0 Å². The van der Waals surface area contributed by atoms with E-state index >= 15 is 0 Å². The molecule has 0 aliphatic carbocycles. The SMILES string of the molecule is CCc1cccc(C)c1NCC(=O)N1CCN(Cc2ccccc2)CC1. The zero-order valence-electron chi connectivity index (χ0n) is 15.9. The molecule has 4 nitrogen and oxygen atoms in total. The number of piperazine rings is 1. The zero-order valence-corrected chi connectivity index (χ0v) is 15.9. The van der Waals surface area contributed by atoms with Gasteiger partial charge in [-0.25, -0.2) is 0 Å². The summed E-state index contributed by atoms with van der Waals surface area (Å²) in [6.07, 6.45) is 0.969. The van der Waals surface area contributed by atoms with E-state index in [1.807, 2.05) is 11.0 Å². The van der Waals surface area contributed by atoms with Gasteiger partial charge in [-0.15, -0.1) is 0 Å². The van der Waals surface area contributed by atoms with Gasteiger partial charge in [0.05, 0.1) is 6.54 Å². The number of aryl methyl sites for hydroxylation is 2. The van der Waals surface area contributed by atoms with Crippen molar-refractivity contribution < 1.29 is 4.79 Å². The molecule has 0 bridgehead atoms. The van der Waals surface area contributed by atoms with Crippen molar-refractivity contribution in [3.8, 4) is 0 Å². The van der Waals surface area contributed by atoms with E-state index in [1.54, 1.807) is 0 Å². The number of benzene rings is 2. The highest BCUT2D eigenvalue weighted by molar-refractivity contribution is 5.81. The van der Waals surface area contributed by atoms with Gasteiger partial charge in [0.2, 0.25) is 5.91 Å². The number of carbonyl (C=O) groups excluding carboxylic acids is 1. The Labute approximate surface area is 156 Å². The van der Waals surface area contributed by atoms with Crippen LogP contribution in [0.5, 0.6) is 0 Å². The van der Waals surface area contributed by atoms with Crippen LogP contribution in [0.15, 0.2) is 48.5 Å². The number of nitrogens with one attached hydrogen (secondary N) is 1. The van der Waals surface area contributed by atoms with Crippen molar-refractivity contribution in [3.63, 3.8) is 0 Å². The Bertz CT molecular complexity index is 721. The van der Waals surface area contributed by atoms with E-state index in [1.165, 1.54) is 16.7 Å². The molecular formula is C22H29N3O. The van der Waals surface area contributed by atoms with Crippen LogP contribution in [0.4, 0.5) is 5.69 Å². The largest absolute Gasteiger partial charge is 0.376 e. The Kier molecular flexibility index (Phi) is 6.29. The van der Waals surface area contributed by atoms with Crippen LogP contribution >= 0.6 is 0 Å². The van der Waals surface area contributed by atoms with Gasteiger partial charge < -0.3 is 10.2 Å². The van der Waals surface area contributed by atoms with Crippen molar-refractivity contribution in [2.24, 2.45) is 0 Å². The maximum absolute atomic E-state index is 12.6. The number of rotatable bonds is 6. The molecule has 0 atom stereocenters. The molecule has 0 spiro atoms. The molecule has 2 aromatic carbocycles. The molecule has 0 aromatic heterocycles. The van der Waals surface area contributed by atoms with Gasteiger partial charge in [-0.05, 0) is 30.0 Å². The van der Waals surface area contributed by atoms with E-state index < -0.39 is 0 Å². The van der Waals surface area contributed by atoms with Crippen LogP contribution in [-0.4, -0.2) is 48.4 Å². The van der Waals surface area contributed by atoms with Crippen LogP contribution < -0.4 is 5.32 Å². The summed E-state index contributed by atoms with van der Waals surface area (Å²) in [5, 5.41) is 3.38. The van der Waals surface area contributed by atoms with Gasteiger partial charge in [0.1, 0.15) is 0 Å². The topological polar surface area (TPSA) is 35.6 Å². The quantitative estimate of drug-likeness (QED) is 0.867. The molecule has 2 aromatic rings. The van der Waals surface area contributed by atoms with E-state index in [9.17, 15) is 4.79 Å². The predicted octanol–water partition coefficient (Wildman–Crippen LogP) is 3.31. The molecule has 4 heteroatoms. The highest BCUT2D eigenvalue weighted by Crippen LogP contribution is 2.21. The number of amides is 1. The monoisotopic (exact) mass is 351 g/mol. The lowest BCUT2D eigenvalue weighted by Gasteiger charge is -2.35. The second-order valence-electron chi connectivity index (χ2n) is 6.96. The fourth-order valence-electron chi connectivity index (χ4n) is 3.55. The second-order valence-corrected chi connectivity index (χ2v) is 6.96. The third kappa shape index (κ3) is 4.64. The Morgan fingerprint density at radius 1 is 1.00 bits per heavy atom. The summed E-state index contributed by atoms with van der Waals surface area (Å²) in [4.78, 5) is 17.0. The summed E-state index contributed by atoms with van der Waals surface area (Å²) in [6.45, 7) is 9.06. The lowest BCUT2D eigenvalue weighted by atomic mass is 10.1. The lowest BCUT2D eigenvalue weighted by molar-refractivity contribution is -0.131. The average Bonchev–Trinajstić information content (AvgIpc) is 2.68. The van der Waals surface area contributed by atoms with Gasteiger partial charge in [0.15, 0.2) is 0 Å². The first-order chi connectivity index (χ1) is 12.7. The van der Waals surface area contributed by atoms with Gasteiger partial charge in [0.25, 0.3) is 0 Å². The minimum absolute atomic E-state index is 0.190. The molecule has 1 heterocycles. The third-order valence-corrected chi connectivity index (χ3v) is 5.13. The summed E-state index contributed by atoms with van der Waals surface area (Å²) in [6, 6.07) is 16.8. The van der Waals surface area contributed by atoms with E-state index in [-0.39, 0.29) is 5.91 Å². The first-order valence-electron chi connectivity index (χ1n) is 9.53. The fraction of sp³-hybridized carbons (Fsp3) is 0.409. The van der Waals surface area contributed by atoms with Gasteiger partial charge >= 0.3 is 0 Å². The standard InChI is InChI=1S/C22H29N3O/c1-3-20-11-7-8-18(2)22(20)23-16-21(26)25-14-12-24(13-15-25)17-19-9-5-4-6-10-19/h4-11,23H,3,12-17H2,1-2H3. The zero-order chi connectivity index (χ0) is 18.4. The molecule has 1 aliphatic heterocycles. The van der Waals surface area contributed by atoms with Crippen molar-refractivity contribution in [3.05, 3.63) is 65.2 Å². The average molecular weight is 351 g/mol. The Morgan fingerprint density at radius 3 is 2.42 bits per heavy atom. The van der Waals surface area contributed by atoms with Crippen LogP contribution in [0.1, 0.15) is 23.6 Å². The summed E-state index contributed by atoms with van der Waals surface area (Å²) in [5.74, 6) is 0.190. The molecule has 0 unspecified atom stereocenters. The molecule has 1 aliphatic rings. The molecule has 138 valence electrons. The van der Waals surface area contributed by atoms with Crippen molar-refractivity contribution >= 4 is 11.6 Å².